The maximum atomic E-state index is 14.3. The Morgan fingerprint density at radius 3 is 2.33 bits per heavy atom. The molecule has 0 spiro atoms. The molecule has 0 radical (unpaired) electrons. The summed E-state index contributed by atoms with van der Waals surface area (Å²) in [5, 5.41) is 13.9. The van der Waals surface area contributed by atoms with Gasteiger partial charge in [0.2, 0.25) is 11.7 Å². The Morgan fingerprint density at radius 1 is 1.03 bits per heavy atom. The van der Waals surface area contributed by atoms with Crippen molar-refractivity contribution in [3.8, 4) is 5.75 Å². The molecule has 1 saturated heterocycles. The van der Waals surface area contributed by atoms with E-state index in [0.717, 1.165) is 36.2 Å². The number of H-pyrrole nitrogens is 1. The third-order valence-electron chi connectivity index (χ3n) is 7.32. The Kier molecular flexibility index (Phi) is 8.60. The topological polar surface area (TPSA) is 96.5 Å². The first-order valence-corrected chi connectivity index (χ1v) is 13.2. The first kappa shape index (κ1) is 26.5. The van der Waals surface area contributed by atoms with Crippen LogP contribution in [0.5, 0.6) is 5.75 Å². The molecular weight excluding hydrogens is 492 g/mol. The van der Waals surface area contributed by atoms with Crippen molar-refractivity contribution in [1.29, 1.82) is 0 Å². The summed E-state index contributed by atoms with van der Waals surface area (Å²) in [6.07, 6.45) is 1.18. The van der Waals surface area contributed by atoms with E-state index >= 15 is 0 Å². The second-order valence-corrected chi connectivity index (χ2v) is 9.81. The van der Waals surface area contributed by atoms with E-state index in [9.17, 15) is 4.79 Å². The number of hydrogen-bond acceptors (Lipinski definition) is 7. The smallest absolute Gasteiger partial charge is 0.234 e. The van der Waals surface area contributed by atoms with Crippen LogP contribution in [-0.4, -0.2) is 76.2 Å². The number of likely N-dealkylation sites (tertiary alicyclic amines) is 1. The maximum Gasteiger partial charge on any atom is 0.234 e. The molecule has 1 N–H and O–H groups in total. The minimum Gasteiger partial charge on any atom is -0.485 e. The second kappa shape index (κ2) is 12.6. The fourth-order valence-electron chi connectivity index (χ4n) is 5.18. The molecule has 39 heavy (non-hydrogen) atoms. The Labute approximate surface area is 228 Å². The number of ether oxygens (including phenoxy) is 2. The third kappa shape index (κ3) is 6.50. The van der Waals surface area contributed by atoms with Gasteiger partial charge in [0.25, 0.3) is 0 Å². The normalized spacial score (nSPS) is 16.3. The number of methoxy groups -OCH3 is 1. The maximum absolute atomic E-state index is 14.3. The predicted molar refractivity (Wildman–Crippen MR) is 147 cm³/mol. The molecule has 0 bridgehead atoms. The number of amides is 1. The molecule has 9 nitrogen and oxygen atoms in total. The first-order valence-electron chi connectivity index (χ1n) is 13.2. The van der Waals surface area contributed by atoms with Crippen molar-refractivity contribution in [2.24, 2.45) is 0 Å². The molecule has 202 valence electrons. The summed E-state index contributed by atoms with van der Waals surface area (Å²) >= 11 is 0. The van der Waals surface area contributed by atoms with Crippen LogP contribution < -0.4 is 4.74 Å². The first-order chi connectivity index (χ1) is 19.1. The molecule has 3 aromatic carbocycles. The van der Waals surface area contributed by atoms with E-state index < -0.39 is 5.92 Å². The fourth-order valence-corrected chi connectivity index (χ4v) is 5.18. The summed E-state index contributed by atoms with van der Waals surface area (Å²) < 4.78 is 11.6. The van der Waals surface area contributed by atoms with Crippen molar-refractivity contribution in [2.75, 3.05) is 33.8 Å². The molecule has 5 rings (SSSR count). The lowest BCUT2D eigenvalue weighted by Gasteiger charge is -2.34. The number of carbonyl (C=O) groups is 1. The van der Waals surface area contributed by atoms with Gasteiger partial charge in [-0.1, -0.05) is 78.0 Å². The molecule has 1 aromatic heterocycles. The Bertz CT molecular complexity index is 1280. The van der Waals surface area contributed by atoms with Crippen molar-refractivity contribution in [3.63, 3.8) is 0 Å². The van der Waals surface area contributed by atoms with E-state index in [1.807, 2.05) is 90.8 Å². The van der Waals surface area contributed by atoms with Gasteiger partial charge in [0, 0.05) is 33.8 Å². The zero-order valence-corrected chi connectivity index (χ0v) is 22.3. The van der Waals surface area contributed by atoms with E-state index in [4.69, 9.17) is 9.47 Å². The molecule has 2 heterocycles. The Morgan fingerprint density at radius 2 is 1.72 bits per heavy atom. The molecule has 1 aliphatic heterocycles. The lowest BCUT2D eigenvalue weighted by atomic mass is 9.89. The van der Waals surface area contributed by atoms with Crippen molar-refractivity contribution < 1.29 is 14.3 Å². The minimum atomic E-state index is -0.414. The third-order valence-corrected chi connectivity index (χ3v) is 7.32. The zero-order valence-electron chi connectivity index (χ0n) is 22.3. The molecule has 1 aliphatic rings. The highest BCUT2D eigenvalue weighted by molar-refractivity contribution is 5.87. The largest absolute Gasteiger partial charge is 0.485 e. The fraction of sp³-hybridized carbons (Fsp3) is 0.333. The summed E-state index contributed by atoms with van der Waals surface area (Å²) in [6.45, 7) is 2.65. The summed E-state index contributed by atoms with van der Waals surface area (Å²) in [5.41, 5.74) is 2.94. The van der Waals surface area contributed by atoms with Crippen LogP contribution in [0.4, 0.5) is 0 Å². The number of rotatable bonds is 11. The van der Waals surface area contributed by atoms with Gasteiger partial charge in [0.1, 0.15) is 5.75 Å². The van der Waals surface area contributed by atoms with Crippen LogP contribution in [0.25, 0.3) is 0 Å². The van der Waals surface area contributed by atoms with E-state index in [2.05, 4.69) is 31.6 Å². The van der Waals surface area contributed by atoms with Gasteiger partial charge in [-0.3, -0.25) is 9.69 Å². The molecule has 0 aliphatic carbocycles. The van der Waals surface area contributed by atoms with Gasteiger partial charge in [0.05, 0.1) is 18.1 Å². The second-order valence-electron chi connectivity index (χ2n) is 9.81. The van der Waals surface area contributed by atoms with Gasteiger partial charge in [-0.05, 0) is 35.2 Å². The van der Waals surface area contributed by atoms with Crippen LogP contribution >= 0.6 is 0 Å². The Hall–Kier alpha value is -4.08. The lowest BCUT2D eigenvalue weighted by molar-refractivity contribution is -0.133. The summed E-state index contributed by atoms with van der Waals surface area (Å²) in [7, 11) is 3.67. The highest BCUT2D eigenvalue weighted by Crippen LogP contribution is 2.32. The zero-order chi connectivity index (χ0) is 27.0. The number of aromatic amines is 1. The minimum absolute atomic E-state index is 0.0398. The van der Waals surface area contributed by atoms with Gasteiger partial charge < -0.3 is 14.4 Å². The molecule has 0 saturated carbocycles. The molecular formula is C30H34N6O3. The Balaban J connectivity index is 1.45. The number of likely N-dealkylation sites (N-methyl/N-ethyl adjacent to an activating group) is 1. The van der Waals surface area contributed by atoms with Crippen LogP contribution in [0, 0.1) is 0 Å². The average molecular weight is 527 g/mol. The average Bonchev–Trinajstić information content (AvgIpc) is 3.68. The van der Waals surface area contributed by atoms with Gasteiger partial charge in [-0.2, -0.15) is 5.21 Å². The van der Waals surface area contributed by atoms with Crippen molar-refractivity contribution in [2.45, 2.75) is 31.1 Å². The predicted octanol–water partition coefficient (Wildman–Crippen LogP) is 3.83. The molecule has 4 aromatic rings. The summed E-state index contributed by atoms with van der Waals surface area (Å²) in [4.78, 5) is 18.6. The number of tetrazole rings is 1. The number of hydrogen-bond donors (Lipinski definition) is 1. The molecule has 9 heteroatoms. The summed E-state index contributed by atoms with van der Waals surface area (Å²) in [5.74, 6) is 0.781. The van der Waals surface area contributed by atoms with Gasteiger partial charge in [-0.15, -0.1) is 10.2 Å². The van der Waals surface area contributed by atoms with E-state index in [-0.39, 0.29) is 24.7 Å². The van der Waals surface area contributed by atoms with Gasteiger partial charge in [0.15, 0.2) is 6.61 Å². The van der Waals surface area contributed by atoms with E-state index in [1.165, 1.54) is 0 Å². The number of aromatic nitrogens is 4. The monoisotopic (exact) mass is 526 g/mol. The highest BCUT2D eigenvalue weighted by Gasteiger charge is 2.33. The van der Waals surface area contributed by atoms with Crippen molar-refractivity contribution in [3.05, 3.63) is 107 Å². The number of nitrogens with one attached hydrogen (secondary N) is 1. The number of nitrogens with zero attached hydrogens (tertiary/aromatic N) is 5. The van der Waals surface area contributed by atoms with Crippen molar-refractivity contribution in [1.82, 2.24) is 30.4 Å². The standard InChI is InChI=1S/C30H34N6O3/c1-35(30(37)29(22-10-5-3-6-11-22)23-12-7-4-8-13-23)27(20-36-17-16-26(19-36)38-2)24-14-9-15-25(18-24)39-21-28-31-33-34-32-28/h3-15,18,26-27,29H,16-17,19-21H2,1-2H3,(H,31,32,33,34). The van der Waals surface area contributed by atoms with Gasteiger partial charge in [-0.25, -0.2) is 0 Å². The SMILES string of the molecule is COC1CCN(CC(c2cccc(OCc3nn[nH]n3)c2)N(C)C(=O)C(c2ccccc2)c2ccccc2)C1. The van der Waals surface area contributed by atoms with Crippen LogP contribution in [0.2, 0.25) is 0 Å². The van der Waals surface area contributed by atoms with E-state index in [1.54, 1.807) is 7.11 Å². The molecule has 2 unspecified atom stereocenters. The molecule has 2 atom stereocenters. The van der Waals surface area contributed by atoms with Crippen LogP contribution in [0.15, 0.2) is 84.9 Å². The van der Waals surface area contributed by atoms with Crippen LogP contribution in [0.3, 0.4) is 0 Å². The van der Waals surface area contributed by atoms with Crippen molar-refractivity contribution >= 4 is 5.91 Å². The van der Waals surface area contributed by atoms with Crippen LogP contribution in [0.1, 0.15) is 40.9 Å². The lowest BCUT2D eigenvalue weighted by Crippen LogP contribution is -2.41. The van der Waals surface area contributed by atoms with Gasteiger partial charge >= 0.3 is 0 Å². The molecule has 1 amide bonds. The highest BCUT2D eigenvalue weighted by atomic mass is 16.5. The van der Waals surface area contributed by atoms with Crippen LogP contribution in [-0.2, 0) is 16.1 Å². The quantitative estimate of drug-likeness (QED) is 0.317. The van der Waals surface area contributed by atoms with E-state index in [0.29, 0.717) is 18.1 Å². The number of benzene rings is 3. The summed E-state index contributed by atoms with van der Waals surface area (Å²) in [6, 6.07) is 27.7. The number of carbonyl (C=O) groups excluding carboxylic acids is 1. The molecule has 1 fully saturated rings.